The molecule has 6 nitrogen and oxygen atoms in total. The molecule has 2 aliphatic heterocycles. The van der Waals surface area contributed by atoms with E-state index < -0.39 is 9.84 Å². The lowest BCUT2D eigenvalue weighted by Crippen LogP contribution is -2.39. The van der Waals surface area contributed by atoms with Crippen LogP contribution in [0.3, 0.4) is 0 Å². The Bertz CT molecular complexity index is 627. The van der Waals surface area contributed by atoms with Crippen molar-refractivity contribution in [3.63, 3.8) is 0 Å². The van der Waals surface area contributed by atoms with E-state index in [9.17, 15) is 13.2 Å². The number of hydrogen-bond acceptors (Lipinski definition) is 4. The predicted octanol–water partition coefficient (Wildman–Crippen LogP) is 0.869. The fraction of sp³-hybridized carbons (Fsp3) is 0.714. The van der Waals surface area contributed by atoms with Gasteiger partial charge in [0.05, 0.1) is 11.5 Å². The molecule has 0 aliphatic carbocycles. The summed E-state index contributed by atoms with van der Waals surface area (Å²) < 4.78 is 25.5. The summed E-state index contributed by atoms with van der Waals surface area (Å²) in [4.78, 5) is 18.8. The minimum Gasteiger partial charge on any atom is -0.334 e. The summed E-state index contributed by atoms with van der Waals surface area (Å²) in [6, 6.07) is -0.0616. The Morgan fingerprint density at radius 3 is 2.86 bits per heavy atom. The van der Waals surface area contributed by atoms with Crippen LogP contribution in [-0.4, -0.2) is 52.9 Å². The second kappa shape index (κ2) is 5.44. The van der Waals surface area contributed by atoms with Crippen molar-refractivity contribution in [2.24, 2.45) is 0 Å². The van der Waals surface area contributed by atoms with Crippen molar-refractivity contribution < 1.29 is 13.2 Å². The van der Waals surface area contributed by atoms with Crippen molar-refractivity contribution >= 4 is 15.7 Å². The van der Waals surface area contributed by atoms with Gasteiger partial charge in [0, 0.05) is 31.7 Å². The summed E-state index contributed by atoms with van der Waals surface area (Å²) in [6.45, 7) is 3.10. The number of carbonyl (C=O) groups is 1. The molecule has 0 bridgehead atoms. The van der Waals surface area contributed by atoms with Gasteiger partial charge >= 0.3 is 0 Å². The Morgan fingerprint density at radius 1 is 1.29 bits per heavy atom. The minimum atomic E-state index is -3.02. The fourth-order valence-corrected chi connectivity index (χ4v) is 4.41. The average molecular weight is 311 g/mol. The zero-order valence-electron chi connectivity index (χ0n) is 12.3. The first-order chi connectivity index (χ1) is 9.96. The highest BCUT2D eigenvalue weighted by molar-refractivity contribution is 7.91. The number of rotatable bonds is 1. The van der Waals surface area contributed by atoms with E-state index in [2.05, 4.69) is 9.55 Å². The van der Waals surface area contributed by atoms with Crippen LogP contribution in [0.4, 0.5) is 0 Å². The number of hydrogen-bond donors (Lipinski definition) is 0. The van der Waals surface area contributed by atoms with Crippen LogP contribution in [0, 0.1) is 0 Å². The van der Waals surface area contributed by atoms with E-state index in [1.807, 2.05) is 13.1 Å². The molecule has 1 aromatic rings. The van der Waals surface area contributed by atoms with Gasteiger partial charge in [0.2, 0.25) is 0 Å². The number of amides is 1. The summed E-state index contributed by atoms with van der Waals surface area (Å²) in [5, 5.41) is 0. The Balaban J connectivity index is 1.82. The van der Waals surface area contributed by atoms with Gasteiger partial charge in [-0.2, -0.15) is 0 Å². The zero-order chi connectivity index (χ0) is 15.0. The highest BCUT2D eigenvalue weighted by Crippen LogP contribution is 2.19. The van der Waals surface area contributed by atoms with Crippen molar-refractivity contribution in [3.8, 4) is 0 Å². The van der Waals surface area contributed by atoms with Gasteiger partial charge < -0.3 is 9.47 Å². The van der Waals surface area contributed by atoms with Crippen LogP contribution in [0.5, 0.6) is 0 Å². The summed E-state index contributed by atoms with van der Waals surface area (Å²) in [7, 11) is -3.02. The smallest absolute Gasteiger partial charge is 0.274 e. The lowest BCUT2D eigenvalue weighted by atomic mass is 10.2. The topological polar surface area (TPSA) is 72.3 Å². The molecular formula is C14H21N3O3S. The largest absolute Gasteiger partial charge is 0.334 e. The maximum absolute atomic E-state index is 12.6. The highest BCUT2D eigenvalue weighted by Gasteiger charge is 2.30. The number of imidazole rings is 1. The quantitative estimate of drug-likeness (QED) is 0.771. The van der Waals surface area contributed by atoms with Gasteiger partial charge in [-0.15, -0.1) is 0 Å². The van der Waals surface area contributed by atoms with Crippen LogP contribution >= 0.6 is 0 Å². The third-order valence-electron chi connectivity index (χ3n) is 4.41. The van der Waals surface area contributed by atoms with E-state index in [1.165, 1.54) is 0 Å². The van der Waals surface area contributed by atoms with Crippen LogP contribution in [0.25, 0.3) is 0 Å². The molecule has 1 unspecified atom stereocenters. The third kappa shape index (κ3) is 2.97. The van der Waals surface area contributed by atoms with Gasteiger partial charge in [-0.1, -0.05) is 0 Å². The normalized spacial score (nSPS) is 25.2. The molecule has 21 heavy (non-hydrogen) atoms. The molecule has 0 radical (unpaired) electrons. The summed E-state index contributed by atoms with van der Waals surface area (Å²) in [5.41, 5.74) is 0.457. The number of fused-ring (bicyclic) bond motifs is 1. The molecule has 0 spiro atoms. The van der Waals surface area contributed by atoms with Gasteiger partial charge in [0.1, 0.15) is 11.5 Å². The van der Waals surface area contributed by atoms with Gasteiger partial charge in [-0.25, -0.2) is 13.4 Å². The minimum absolute atomic E-state index is 0.0522. The SMILES string of the molecule is CC1CCS(=O)(=O)CCN1C(=O)c1cn2c(n1)CCCC2. The van der Waals surface area contributed by atoms with E-state index in [0.29, 0.717) is 12.1 Å². The molecule has 1 aromatic heterocycles. The second-order valence-corrected chi connectivity index (χ2v) is 8.28. The molecule has 116 valence electrons. The molecule has 1 amide bonds. The Hall–Kier alpha value is -1.37. The van der Waals surface area contributed by atoms with E-state index in [4.69, 9.17) is 0 Å². The molecule has 1 fully saturated rings. The first-order valence-corrected chi connectivity index (χ1v) is 9.36. The Morgan fingerprint density at radius 2 is 2.10 bits per heavy atom. The number of aryl methyl sites for hydroxylation is 2. The molecule has 2 aliphatic rings. The van der Waals surface area contributed by atoms with Crippen molar-refractivity contribution in [1.82, 2.24) is 14.5 Å². The molecule has 1 saturated heterocycles. The van der Waals surface area contributed by atoms with Crippen LogP contribution in [0.2, 0.25) is 0 Å². The molecule has 0 saturated carbocycles. The van der Waals surface area contributed by atoms with E-state index in [1.54, 1.807) is 4.90 Å². The van der Waals surface area contributed by atoms with Crippen molar-refractivity contribution in [1.29, 1.82) is 0 Å². The zero-order valence-corrected chi connectivity index (χ0v) is 13.1. The van der Waals surface area contributed by atoms with Gasteiger partial charge in [-0.3, -0.25) is 4.79 Å². The van der Waals surface area contributed by atoms with E-state index in [-0.39, 0.29) is 30.0 Å². The third-order valence-corrected chi connectivity index (χ3v) is 6.07. The number of aromatic nitrogens is 2. The number of sulfone groups is 1. The Kier molecular flexibility index (Phi) is 3.77. The first-order valence-electron chi connectivity index (χ1n) is 7.54. The lowest BCUT2D eigenvalue weighted by molar-refractivity contribution is 0.0700. The summed E-state index contributed by atoms with van der Waals surface area (Å²) in [6.07, 6.45) is 5.47. The molecule has 7 heteroatoms. The lowest BCUT2D eigenvalue weighted by Gasteiger charge is -2.25. The molecular weight excluding hydrogens is 290 g/mol. The van der Waals surface area contributed by atoms with Crippen LogP contribution in [0.1, 0.15) is 42.5 Å². The summed E-state index contributed by atoms with van der Waals surface area (Å²) in [5.74, 6) is 1.05. The maximum Gasteiger partial charge on any atom is 0.274 e. The number of carbonyl (C=O) groups excluding carboxylic acids is 1. The van der Waals surface area contributed by atoms with Gasteiger partial charge in [-0.05, 0) is 26.2 Å². The number of nitrogens with zero attached hydrogens (tertiary/aromatic N) is 3. The standard InChI is InChI=1S/C14H21N3O3S/c1-11-5-8-21(19,20)9-7-17(11)14(18)12-10-16-6-3-2-4-13(16)15-12/h10-11H,2-9H2,1H3. The van der Waals surface area contributed by atoms with Crippen molar-refractivity contribution in [2.75, 3.05) is 18.1 Å². The van der Waals surface area contributed by atoms with Crippen LogP contribution in [0.15, 0.2) is 6.20 Å². The molecule has 3 heterocycles. The first kappa shape index (κ1) is 14.6. The van der Waals surface area contributed by atoms with E-state index >= 15 is 0 Å². The molecule has 0 N–H and O–H groups in total. The molecule has 0 aromatic carbocycles. The predicted molar refractivity (Wildman–Crippen MR) is 78.9 cm³/mol. The highest BCUT2D eigenvalue weighted by atomic mass is 32.2. The average Bonchev–Trinajstić information content (AvgIpc) is 2.83. The molecule has 3 rings (SSSR count). The Labute approximate surface area is 125 Å². The van der Waals surface area contributed by atoms with Crippen LogP contribution < -0.4 is 0 Å². The van der Waals surface area contributed by atoms with Gasteiger partial charge in [0.15, 0.2) is 9.84 Å². The maximum atomic E-state index is 12.6. The van der Waals surface area contributed by atoms with Crippen molar-refractivity contribution in [3.05, 3.63) is 17.7 Å². The fourth-order valence-electron chi connectivity index (χ4n) is 3.03. The molecule has 1 atom stereocenters. The second-order valence-electron chi connectivity index (χ2n) is 5.98. The monoisotopic (exact) mass is 311 g/mol. The van der Waals surface area contributed by atoms with Crippen molar-refractivity contribution in [2.45, 2.75) is 45.2 Å². The van der Waals surface area contributed by atoms with Crippen LogP contribution in [-0.2, 0) is 22.8 Å². The van der Waals surface area contributed by atoms with E-state index in [0.717, 1.165) is 31.6 Å². The van der Waals surface area contributed by atoms with Gasteiger partial charge in [0.25, 0.3) is 5.91 Å². The summed E-state index contributed by atoms with van der Waals surface area (Å²) >= 11 is 0.